The van der Waals surface area contributed by atoms with E-state index in [2.05, 4.69) is 35.5 Å². The summed E-state index contributed by atoms with van der Waals surface area (Å²) in [5.41, 5.74) is 2.07. The highest BCUT2D eigenvalue weighted by molar-refractivity contribution is 6.03. The molecule has 0 amide bonds. The van der Waals surface area contributed by atoms with E-state index in [1.54, 1.807) is 0 Å². The summed E-state index contributed by atoms with van der Waals surface area (Å²) in [5, 5.41) is 15.5. The van der Waals surface area contributed by atoms with Crippen molar-refractivity contribution >= 4 is 16.5 Å². The molecule has 0 spiro atoms. The second-order valence-corrected chi connectivity index (χ2v) is 4.55. The van der Waals surface area contributed by atoms with Gasteiger partial charge in [-0.15, -0.1) is 0 Å². The summed E-state index contributed by atoms with van der Waals surface area (Å²) >= 11 is 0. The van der Waals surface area contributed by atoms with Gasteiger partial charge < -0.3 is 9.94 Å². The molecular formula is C15H15NO2. The number of aliphatic hydroxyl groups excluding tert-OH is 1. The topological polar surface area (TPSA) is 41.8 Å². The molecule has 1 heterocycles. The van der Waals surface area contributed by atoms with Crippen LogP contribution < -0.4 is 0 Å². The molecule has 3 heteroatoms. The van der Waals surface area contributed by atoms with Gasteiger partial charge in [-0.3, -0.25) is 0 Å². The van der Waals surface area contributed by atoms with Crippen LogP contribution in [-0.4, -0.2) is 23.5 Å². The molecule has 92 valence electrons. The van der Waals surface area contributed by atoms with Crippen LogP contribution in [0.15, 0.2) is 47.6 Å². The highest BCUT2D eigenvalue weighted by atomic mass is 16.6. The average Bonchev–Trinajstić information content (AvgIpc) is 2.47. The zero-order valence-corrected chi connectivity index (χ0v) is 10.0. The van der Waals surface area contributed by atoms with Crippen LogP contribution in [0.2, 0.25) is 0 Å². The summed E-state index contributed by atoms with van der Waals surface area (Å²) in [6, 6.07) is 14.6. The third kappa shape index (κ3) is 2.09. The van der Waals surface area contributed by atoms with Crippen LogP contribution in [0.5, 0.6) is 0 Å². The van der Waals surface area contributed by atoms with Gasteiger partial charge in [-0.25, -0.2) is 0 Å². The number of fused-ring (bicyclic) bond motifs is 1. The van der Waals surface area contributed by atoms with Gasteiger partial charge in [0.2, 0.25) is 0 Å². The third-order valence-electron chi connectivity index (χ3n) is 3.30. The van der Waals surface area contributed by atoms with E-state index in [1.807, 2.05) is 12.1 Å². The molecule has 1 aliphatic rings. The molecule has 1 unspecified atom stereocenters. The lowest BCUT2D eigenvalue weighted by atomic mass is 10.00. The van der Waals surface area contributed by atoms with Crippen LogP contribution in [0.3, 0.4) is 0 Å². The molecule has 0 saturated heterocycles. The zero-order valence-electron chi connectivity index (χ0n) is 10.0. The Hall–Kier alpha value is -1.87. The standard InChI is InChI=1S/C15H15NO2/c17-10-14-7-8-15(16-18-14)13-6-5-11-3-1-2-4-12(11)9-13/h1-6,9,14,17H,7-8,10H2. The predicted molar refractivity (Wildman–Crippen MR) is 71.7 cm³/mol. The maximum atomic E-state index is 8.99. The fourth-order valence-corrected chi connectivity index (χ4v) is 2.22. The summed E-state index contributed by atoms with van der Waals surface area (Å²) in [5.74, 6) is 0. The summed E-state index contributed by atoms with van der Waals surface area (Å²) in [4.78, 5) is 5.24. The number of nitrogens with zero attached hydrogens (tertiary/aromatic N) is 1. The van der Waals surface area contributed by atoms with Crippen molar-refractivity contribution in [2.24, 2.45) is 5.16 Å². The lowest BCUT2D eigenvalue weighted by molar-refractivity contribution is 0.00454. The van der Waals surface area contributed by atoms with Crippen molar-refractivity contribution < 1.29 is 9.94 Å². The molecule has 3 nitrogen and oxygen atoms in total. The van der Waals surface area contributed by atoms with E-state index in [0.717, 1.165) is 24.1 Å². The number of benzene rings is 2. The van der Waals surface area contributed by atoms with Crippen LogP contribution in [0.25, 0.3) is 10.8 Å². The SMILES string of the molecule is OCC1CCC(c2ccc3ccccc3c2)=NO1. The minimum atomic E-state index is -0.144. The first kappa shape index (κ1) is 11.2. The lowest BCUT2D eigenvalue weighted by Crippen LogP contribution is -2.22. The molecule has 18 heavy (non-hydrogen) atoms. The first-order chi connectivity index (χ1) is 8.86. The van der Waals surface area contributed by atoms with Crippen molar-refractivity contribution in [1.82, 2.24) is 0 Å². The van der Waals surface area contributed by atoms with Crippen molar-refractivity contribution in [3.8, 4) is 0 Å². The molecule has 1 N–H and O–H groups in total. The van der Waals surface area contributed by atoms with Crippen LogP contribution in [0, 0.1) is 0 Å². The van der Waals surface area contributed by atoms with Crippen molar-refractivity contribution in [3.05, 3.63) is 48.0 Å². The van der Waals surface area contributed by atoms with Crippen molar-refractivity contribution in [2.75, 3.05) is 6.61 Å². The van der Waals surface area contributed by atoms with Gasteiger partial charge in [0.25, 0.3) is 0 Å². The number of aliphatic hydroxyl groups is 1. The van der Waals surface area contributed by atoms with Crippen LogP contribution >= 0.6 is 0 Å². The highest BCUT2D eigenvalue weighted by Crippen LogP contribution is 2.20. The van der Waals surface area contributed by atoms with Gasteiger partial charge in [0.1, 0.15) is 0 Å². The largest absolute Gasteiger partial charge is 0.392 e. The van der Waals surface area contributed by atoms with Crippen LogP contribution in [0.1, 0.15) is 18.4 Å². The second kappa shape index (κ2) is 4.78. The van der Waals surface area contributed by atoms with Crippen molar-refractivity contribution in [2.45, 2.75) is 18.9 Å². The molecule has 2 aromatic rings. The molecule has 2 aromatic carbocycles. The van der Waals surface area contributed by atoms with Gasteiger partial charge in [-0.2, -0.15) is 0 Å². The van der Waals surface area contributed by atoms with E-state index < -0.39 is 0 Å². The molecule has 1 atom stereocenters. The molecule has 0 radical (unpaired) electrons. The molecule has 0 fully saturated rings. The smallest absolute Gasteiger partial charge is 0.150 e. The number of oxime groups is 1. The molecule has 1 aliphatic heterocycles. The van der Waals surface area contributed by atoms with Gasteiger partial charge in [-0.1, -0.05) is 41.6 Å². The quantitative estimate of drug-likeness (QED) is 0.878. The maximum Gasteiger partial charge on any atom is 0.150 e. The van der Waals surface area contributed by atoms with Crippen molar-refractivity contribution in [1.29, 1.82) is 0 Å². The van der Waals surface area contributed by atoms with E-state index in [0.29, 0.717) is 0 Å². The predicted octanol–water partition coefficient (Wildman–Crippen LogP) is 2.72. The first-order valence-electron chi connectivity index (χ1n) is 6.19. The van der Waals surface area contributed by atoms with Crippen LogP contribution in [0.4, 0.5) is 0 Å². The summed E-state index contributed by atoms with van der Waals surface area (Å²) in [6.45, 7) is 0.0362. The maximum absolute atomic E-state index is 8.99. The molecule has 3 rings (SSSR count). The van der Waals surface area contributed by atoms with E-state index in [9.17, 15) is 0 Å². The Kier molecular flexibility index (Phi) is 2.99. The Morgan fingerprint density at radius 1 is 1.17 bits per heavy atom. The fraction of sp³-hybridized carbons (Fsp3) is 0.267. The van der Waals surface area contributed by atoms with Gasteiger partial charge in [0, 0.05) is 0 Å². The highest BCUT2D eigenvalue weighted by Gasteiger charge is 2.17. The number of hydrogen-bond acceptors (Lipinski definition) is 3. The average molecular weight is 241 g/mol. The number of rotatable bonds is 2. The minimum absolute atomic E-state index is 0.0362. The summed E-state index contributed by atoms with van der Waals surface area (Å²) in [7, 11) is 0. The Bertz CT molecular complexity index is 592. The van der Waals surface area contributed by atoms with Gasteiger partial charge in [-0.05, 0) is 35.2 Å². The van der Waals surface area contributed by atoms with E-state index in [1.165, 1.54) is 10.8 Å². The zero-order chi connectivity index (χ0) is 12.4. The molecule has 0 saturated carbocycles. The Balaban J connectivity index is 1.93. The summed E-state index contributed by atoms with van der Waals surface area (Å²) in [6.07, 6.45) is 1.53. The molecule has 0 bridgehead atoms. The third-order valence-corrected chi connectivity index (χ3v) is 3.30. The van der Waals surface area contributed by atoms with Gasteiger partial charge in [0.05, 0.1) is 12.3 Å². The lowest BCUT2D eigenvalue weighted by Gasteiger charge is -2.19. The first-order valence-corrected chi connectivity index (χ1v) is 6.19. The van der Waals surface area contributed by atoms with Crippen molar-refractivity contribution in [3.63, 3.8) is 0 Å². The number of hydrogen-bond donors (Lipinski definition) is 1. The monoisotopic (exact) mass is 241 g/mol. The molecule has 0 aliphatic carbocycles. The molecular weight excluding hydrogens is 226 g/mol. The van der Waals surface area contributed by atoms with E-state index in [-0.39, 0.29) is 12.7 Å². The Morgan fingerprint density at radius 3 is 2.72 bits per heavy atom. The normalized spacial score (nSPS) is 19.4. The van der Waals surface area contributed by atoms with E-state index in [4.69, 9.17) is 9.94 Å². The van der Waals surface area contributed by atoms with Crippen LogP contribution in [-0.2, 0) is 4.84 Å². The Labute approximate surface area is 106 Å². The second-order valence-electron chi connectivity index (χ2n) is 4.55. The molecule has 0 aromatic heterocycles. The van der Waals surface area contributed by atoms with Gasteiger partial charge >= 0.3 is 0 Å². The summed E-state index contributed by atoms with van der Waals surface area (Å²) < 4.78 is 0. The van der Waals surface area contributed by atoms with E-state index >= 15 is 0 Å². The minimum Gasteiger partial charge on any atom is -0.392 e. The Morgan fingerprint density at radius 2 is 2.00 bits per heavy atom. The van der Waals surface area contributed by atoms with Gasteiger partial charge in [0.15, 0.2) is 6.10 Å². The fourth-order valence-electron chi connectivity index (χ4n) is 2.22.